The van der Waals surface area contributed by atoms with Gasteiger partial charge in [-0.2, -0.15) is 4.52 Å². The Hall–Kier alpha value is -2.02. The monoisotopic (exact) mass is 331 g/mol. The molecule has 0 aromatic carbocycles. The van der Waals surface area contributed by atoms with Gasteiger partial charge < -0.3 is 9.64 Å². The number of tetrazole rings is 1. The summed E-state index contributed by atoms with van der Waals surface area (Å²) in [6.45, 7) is 7.68. The zero-order chi connectivity index (χ0) is 17.1. The number of hydrogen-bond acceptors (Lipinski definition) is 5. The van der Waals surface area contributed by atoms with E-state index in [1.807, 2.05) is 11.0 Å². The summed E-state index contributed by atoms with van der Waals surface area (Å²) in [5.41, 5.74) is 1.08. The van der Waals surface area contributed by atoms with Crippen LogP contribution in [-0.2, 0) is 4.74 Å². The molecule has 3 heterocycles. The number of fused-ring (bicyclic) bond motifs is 1. The van der Waals surface area contributed by atoms with E-state index >= 15 is 0 Å². The molecule has 1 saturated heterocycles. The molecule has 0 unspecified atom stereocenters. The second-order valence-electron chi connectivity index (χ2n) is 6.75. The molecule has 7 nitrogen and oxygen atoms in total. The quantitative estimate of drug-likeness (QED) is 0.839. The van der Waals surface area contributed by atoms with Crippen molar-refractivity contribution < 1.29 is 9.53 Å². The van der Waals surface area contributed by atoms with Gasteiger partial charge in [-0.1, -0.05) is 39.7 Å². The third-order valence-electron chi connectivity index (χ3n) is 4.54. The number of unbranched alkanes of at least 4 members (excludes halogenated alkanes) is 1. The van der Waals surface area contributed by atoms with E-state index in [-0.39, 0.29) is 18.1 Å². The zero-order valence-electron chi connectivity index (χ0n) is 14.6. The molecule has 0 radical (unpaired) electrons. The molecule has 1 fully saturated rings. The summed E-state index contributed by atoms with van der Waals surface area (Å²) < 4.78 is 7.70. The third kappa shape index (κ3) is 3.40. The van der Waals surface area contributed by atoms with Crippen LogP contribution in [0.4, 0.5) is 0 Å². The normalized spacial score (nSPS) is 21.6. The first-order valence-electron chi connectivity index (χ1n) is 8.72. The molecule has 0 saturated carbocycles. The van der Waals surface area contributed by atoms with Crippen LogP contribution in [0, 0.1) is 5.92 Å². The number of nitrogens with zero attached hydrogens (tertiary/aromatic N) is 5. The Balaban J connectivity index is 1.83. The number of amides is 1. The average molecular weight is 331 g/mol. The second-order valence-corrected chi connectivity index (χ2v) is 6.75. The summed E-state index contributed by atoms with van der Waals surface area (Å²) in [6, 6.07) is 5.37. The van der Waals surface area contributed by atoms with Gasteiger partial charge in [0.15, 0.2) is 5.65 Å². The standard InChI is InChI=1S/C17H25N5O2/c1-4-5-7-13-10-21(11-15(24-13)12(2)3)17(23)14-8-6-9-16-18-19-20-22(14)16/h6,8-9,12-13,15H,4-5,7,10-11H2,1-3H3/t13-,15-/m1/s1. The Morgan fingerprint density at radius 1 is 1.38 bits per heavy atom. The van der Waals surface area contributed by atoms with Gasteiger partial charge in [-0.3, -0.25) is 4.79 Å². The van der Waals surface area contributed by atoms with E-state index in [0.29, 0.717) is 30.3 Å². The molecule has 2 atom stereocenters. The van der Waals surface area contributed by atoms with E-state index in [4.69, 9.17) is 4.74 Å². The number of rotatable bonds is 5. The van der Waals surface area contributed by atoms with Gasteiger partial charge in [-0.05, 0) is 34.9 Å². The van der Waals surface area contributed by atoms with Crippen LogP contribution in [0.2, 0.25) is 0 Å². The van der Waals surface area contributed by atoms with E-state index in [9.17, 15) is 4.79 Å². The molecule has 0 bridgehead atoms. The van der Waals surface area contributed by atoms with Crippen molar-refractivity contribution in [1.82, 2.24) is 24.9 Å². The van der Waals surface area contributed by atoms with Gasteiger partial charge in [0.25, 0.3) is 5.91 Å². The fourth-order valence-electron chi connectivity index (χ4n) is 3.09. The molecule has 3 rings (SSSR count). The van der Waals surface area contributed by atoms with Gasteiger partial charge in [0.1, 0.15) is 5.69 Å². The molecule has 24 heavy (non-hydrogen) atoms. The molecule has 1 aliphatic rings. The first kappa shape index (κ1) is 16.8. The van der Waals surface area contributed by atoms with Crippen LogP contribution in [0.15, 0.2) is 18.2 Å². The minimum absolute atomic E-state index is 0.0386. The van der Waals surface area contributed by atoms with Crippen LogP contribution in [-0.4, -0.2) is 56.1 Å². The smallest absolute Gasteiger partial charge is 0.272 e. The molecule has 0 spiro atoms. The van der Waals surface area contributed by atoms with Crippen molar-refractivity contribution in [2.75, 3.05) is 13.1 Å². The molecular formula is C17H25N5O2. The predicted octanol–water partition coefficient (Wildman–Crippen LogP) is 2.18. The Labute approximate surface area is 142 Å². The van der Waals surface area contributed by atoms with Crippen molar-refractivity contribution in [2.45, 2.75) is 52.2 Å². The second kappa shape index (κ2) is 7.25. The Morgan fingerprint density at radius 3 is 2.96 bits per heavy atom. The van der Waals surface area contributed by atoms with Crippen molar-refractivity contribution in [2.24, 2.45) is 5.92 Å². The van der Waals surface area contributed by atoms with Gasteiger partial charge in [0.05, 0.1) is 12.2 Å². The first-order valence-corrected chi connectivity index (χ1v) is 8.72. The topological polar surface area (TPSA) is 72.6 Å². The average Bonchev–Trinajstić information content (AvgIpc) is 3.07. The molecule has 7 heteroatoms. The number of pyridine rings is 1. The van der Waals surface area contributed by atoms with Crippen molar-refractivity contribution in [3.8, 4) is 0 Å². The van der Waals surface area contributed by atoms with Gasteiger partial charge in [0.2, 0.25) is 0 Å². The maximum absolute atomic E-state index is 13.1. The van der Waals surface area contributed by atoms with E-state index in [0.717, 1.165) is 19.3 Å². The van der Waals surface area contributed by atoms with Crippen LogP contribution >= 0.6 is 0 Å². The first-order chi connectivity index (χ1) is 11.6. The van der Waals surface area contributed by atoms with E-state index in [1.54, 1.807) is 12.1 Å². The highest BCUT2D eigenvalue weighted by Gasteiger charge is 2.33. The lowest BCUT2D eigenvalue weighted by molar-refractivity contribution is -0.0964. The maximum Gasteiger partial charge on any atom is 0.272 e. The minimum Gasteiger partial charge on any atom is -0.371 e. The lowest BCUT2D eigenvalue weighted by Gasteiger charge is -2.40. The summed E-state index contributed by atoms with van der Waals surface area (Å²) in [4.78, 5) is 14.9. The SMILES string of the molecule is CCCC[C@@H]1CN(C(=O)c2cccc3nnnn23)C[C@H](C(C)C)O1. The summed E-state index contributed by atoms with van der Waals surface area (Å²) >= 11 is 0. The third-order valence-corrected chi connectivity index (χ3v) is 4.54. The molecule has 130 valence electrons. The van der Waals surface area contributed by atoms with Gasteiger partial charge >= 0.3 is 0 Å². The van der Waals surface area contributed by atoms with Crippen molar-refractivity contribution in [1.29, 1.82) is 0 Å². The summed E-state index contributed by atoms with van der Waals surface area (Å²) in [6.07, 6.45) is 3.39. The fourth-order valence-corrected chi connectivity index (χ4v) is 3.09. The van der Waals surface area contributed by atoms with Gasteiger partial charge in [-0.25, -0.2) is 0 Å². The van der Waals surface area contributed by atoms with Crippen LogP contribution in [0.5, 0.6) is 0 Å². The molecular weight excluding hydrogens is 306 g/mol. The number of hydrogen-bond donors (Lipinski definition) is 0. The molecule has 0 aliphatic carbocycles. The predicted molar refractivity (Wildman–Crippen MR) is 89.7 cm³/mol. The highest BCUT2D eigenvalue weighted by atomic mass is 16.5. The molecule has 0 N–H and O–H groups in total. The van der Waals surface area contributed by atoms with E-state index < -0.39 is 0 Å². The van der Waals surface area contributed by atoms with Crippen LogP contribution < -0.4 is 0 Å². The molecule has 2 aromatic rings. The highest BCUT2D eigenvalue weighted by Crippen LogP contribution is 2.22. The molecule has 2 aromatic heterocycles. The number of ether oxygens (including phenoxy) is 1. The maximum atomic E-state index is 13.1. The van der Waals surface area contributed by atoms with Crippen LogP contribution in [0.1, 0.15) is 50.5 Å². The van der Waals surface area contributed by atoms with Crippen molar-refractivity contribution in [3.63, 3.8) is 0 Å². The number of carbonyl (C=O) groups excluding carboxylic acids is 1. The molecule has 1 aliphatic heterocycles. The van der Waals surface area contributed by atoms with E-state index in [2.05, 4.69) is 36.3 Å². The zero-order valence-corrected chi connectivity index (χ0v) is 14.6. The Kier molecular flexibility index (Phi) is 5.08. The largest absolute Gasteiger partial charge is 0.371 e. The van der Waals surface area contributed by atoms with Crippen LogP contribution in [0.3, 0.4) is 0 Å². The minimum atomic E-state index is -0.0386. The molecule has 1 amide bonds. The summed E-state index contributed by atoms with van der Waals surface area (Å²) in [5.74, 6) is 0.330. The van der Waals surface area contributed by atoms with Crippen molar-refractivity contribution in [3.05, 3.63) is 23.9 Å². The number of morpholine rings is 1. The lowest BCUT2D eigenvalue weighted by Crippen LogP contribution is -2.51. The Bertz CT molecular complexity index is 699. The van der Waals surface area contributed by atoms with Crippen LogP contribution in [0.25, 0.3) is 5.65 Å². The van der Waals surface area contributed by atoms with Gasteiger partial charge in [-0.15, -0.1) is 5.10 Å². The van der Waals surface area contributed by atoms with Gasteiger partial charge in [0, 0.05) is 13.1 Å². The number of aromatic nitrogens is 4. The summed E-state index contributed by atoms with van der Waals surface area (Å²) in [7, 11) is 0. The van der Waals surface area contributed by atoms with E-state index in [1.165, 1.54) is 4.52 Å². The summed E-state index contributed by atoms with van der Waals surface area (Å²) in [5, 5.41) is 11.5. The fraction of sp³-hybridized carbons (Fsp3) is 0.647. The Morgan fingerprint density at radius 2 is 2.21 bits per heavy atom. The number of carbonyl (C=O) groups is 1. The lowest BCUT2D eigenvalue weighted by atomic mass is 10.0. The van der Waals surface area contributed by atoms with Crippen molar-refractivity contribution >= 4 is 11.6 Å². The highest BCUT2D eigenvalue weighted by molar-refractivity contribution is 5.93.